The Balaban J connectivity index is 1.12. The molecular weight excluding hydrogens is 695 g/mol. The second-order valence-electron chi connectivity index (χ2n) is 13.8. The number of aromatic nitrogens is 5. The Kier molecular flexibility index (Phi) is 6.40. The van der Waals surface area contributed by atoms with Gasteiger partial charge in [0.15, 0.2) is 5.82 Å². The van der Waals surface area contributed by atoms with Gasteiger partial charge in [-0.05, 0) is 41.1 Å². The number of hydrogen-bond donors (Lipinski definition) is 0. The van der Waals surface area contributed by atoms with Crippen LogP contribution in [-0.2, 0) is 0 Å². The zero-order valence-electron chi connectivity index (χ0n) is 29.1. The van der Waals surface area contributed by atoms with E-state index in [-0.39, 0.29) is 0 Å². The molecule has 0 fully saturated rings. The molecule has 0 saturated heterocycles. The van der Waals surface area contributed by atoms with Gasteiger partial charge < -0.3 is 4.42 Å². The first-order valence-electron chi connectivity index (χ1n) is 18.2. The number of thiophene rings is 1. The van der Waals surface area contributed by atoms with Gasteiger partial charge in [0.25, 0.3) is 0 Å². The van der Waals surface area contributed by atoms with E-state index in [0.717, 1.165) is 76.5 Å². The Labute approximate surface area is 317 Å². The van der Waals surface area contributed by atoms with Crippen LogP contribution in [0, 0.1) is 0 Å². The van der Waals surface area contributed by atoms with Crippen LogP contribution in [0.3, 0.4) is 0 Å². The summed E-state index contributed by atoms with van der Waals surface area (Å²) in [5, 5.41) is 7.67. The minimum absolute atomic E-state index is 0.534. The van der Waals surface area contributed by atoms with E-state index in [1.54, 1.807) is 11.3 Å². The van der Waals surface area contributed by atoms with Crippen molar-refractivity contribution in [3.8, 4) is 39.9 Å². The molecule has 7 heteroatoms. The molecule has 55 heavy (non-hydrogen) atoms. The fourth-order valence-electron chi connectivity index (χ4n) is 8.19. The molecule has 0 saturated carbocycles. The van der Waals surface area contributed by atoms with Gasteiger partial charge in [-0.25, -0.2) is 15.0 Å². The van der Waals surface area contributed by atoms with Crippen molar-refractivity contribution in [2.24, 2.45) is 0 Å². The van der Waals surface area contributed by atoms with E-state index in [4.69, 9.17) is 24.4 Å². The molecule has 0 spiro atoms. The highest BCUT2D eigenvalue weighted by Gasteiger charge is 2.23. The number of benzene rings is 7. The Morgan fingerprint density at radius 3 is 2.11 bits per heavy atom. The fourth-order valence-corrected chi connectivity index (χ4v) is 9.35. The highest BCUT2D eigenvalue weighted by Crippen LogP contribution is 2.42. The Bertz CT molecular complexity index is 3510. The maximum Gasteiger partial charge on any atom is 0.238 e. The largest absolute Gasteiger partial charge is 0.437 e. The molecule has 0 atom stereocenters. The van der Waals surface area contributed by atoms with Crippen LogP contribution in [0.4, 0.5) is 0 Å². The minimum Gasteiger partial charge on any atom is -0.437 e. The van der Waals surface area contributed by atoms with Crippen LogP contribution in [0.5, 0.6) is 0 Å². The summed E-state index contributed by atoms with van der Waals surface area (Å²) in [6.07, 6.45) is 0. The summed E-state index contributed by atoms with van der Waals surface area (Å²) in [4.78, 5) is 21.1. The van der Waals surface area contributed by atoms with Gasteiger partial charge in [-0.3, -0.25) is 4.57 Å². The first-order chi connectivity index (χ1) is 27.3. The van der Waals surface area contributed by atoms with Crippen LogP contribution in [0.2, 0.25) is 0 Å². The lowest BCUT2D eigenvalue weighted by Crippen LogP contribution is -2.03. The molecule has 0 radical (unpaired) electrons. The molecule has 0 bridgehead atoms. The van der Waals surface area contributed by atoms with E-state index >= 15 is 0 Å². The Hall–Kier alpha value is -7.22. The monoisotopic (exact) mass is 721 g/mol. The van der Waals surface area contributed by atoms with Gasteiger partial charge in [0.2, 0.25) is 11.7 Å². The molecule has 5 aromatic heterocycles. The molecule has 12 aromatic rings. The Morgan fingerprint density at radius 2 is 1.20 bits per heavy atom. The molecule has 0 aliphatic heterocycles. The van der Waals surface area contributed by atoms with E-state index in [2.05, 4.69) is 144 Å². The number of para-hydroxylation sites is 2. The molecule has 0 N–H and O–H groups in total. The normalized spacial score (nSPS) is 12.0. The van der Waals surface area contributed by atoms with E-state index in [0.29, 0.717) is 17.5 Å². The van der Waals surface area contributed by atoms with Crippen molar-refractivity contribution < 1.29 is 4.42 Å². The molecule has 0 amide bonds. The van der Waals surface area contributed by atoms with E-state index in [1.807, 2.05) is 24.3 Å². The highest BCUT2D eigenvalue weighted by molar-refractivity contribution is 7.26. The minimum atomic E-state index is 0.534. The van der Waals surface area contributed by atoms with Gasteiger partial charge >= 0.3 is 0 Å². The summed E-state index contributed by atoms with van der Waals surface area (Å²) in [5.41, 5.74) is 8.91. The van der Waals surface area contributed by atoms with Crippen LogP contribution in [-0.4, -0.2) is 24.5 Å². The molecule has 0 aliphatic carbocycles. The number of rotatable bonds is 4. The topological polar surface area (TPSA) is 69.6 Å². The van der Waals surface area contributed by atoms with Gasteiger partial charge in [-0.2, -0.15) is 4.98 Å². The van der Waals surface area contributed by atoms with Crippen molar-refractivity contribution in [2.75, 3.05) is 0 Å². The summed E-state index contributed by atoms with van der Waals surface area (Å²) in [7, 11) is 0. The van der Waals surface area contributed by atoms with Crippen molar-refractivity contribution in [1.29, 1.82) is 0 Å². The molecule has 256 valence electrons. The number of hydrogen-bond acceptors (Lipinski definition) is 6. The van der Waals surface area contributed by atoms with Crippen molar-refractivity contribution in [3.05, 3.63) is 164 Å². The quantitative estimate of drug-likeness (QED) is 0.181. The molecular formula is C48H27N5OS. The van der Waals surface area contributed by atoms with E-state index < -0.39 is 0 Å². The van der Waals surface area contributed by atoms with Gasteiger partial charge in [0.05, 0.1) is 38.0 Å². The lowest BCUT2D eigenvalue weighted by atomic mass is 10.0. The van der Waals surface area contributed by atoms with Crippen LogP contribution >= 0.6 is 11.3 Å². The highest BCUT2D eigenvalue weighted by atomic mass is 32.1. The van der Waals surface area contributed by atoms with E-state index in [9.17, 15) is 0 Å². The van der Waals surface area contributed by atoms with Crippen molar-refractivity contribution in [1.82, 2.24) is 24.5 Å². The smallest absolute Gasteiger partial charge is 0.238 e. The van der Waals surface area contributed by atoms with Crippen LogP contribution in [0.15, 0.2) is 168 Å². The van der Waals surface area contributed by atoms with Crippen LogP contribution < -0.4 is 0 Å². The SMILES string of the molecule is c1ccc(-c2nc(-c3cccc(-c4nc(-n5c6ccccc6c6c7ccccc7ccc65)nc5oc6ccccc6c45)c3)nc3c2sc2ccccc23)cc1. The fraction of sp³-hybridized carbons (Fsp3) is 0. The van der Waals surface area contributed by atoms with Gasteiger partial charge in [0.1, 0.15) is 5.58 Å². The standard InChI is InChI=1S/C48H27N5OS/c1-2-14-29(15-3-1)43-45-44(35-21-8-11-24-39(35)55-45)50-46(49-43)31-17-12-16-30(27-31)42-41-34-20-7-10-23-38(34)54-47(41)52-48(51-42)53-36-22-9-6-19-33(36)40-32-18-5-4-13-28(32)25-26-37(40)53/h1-27H. The molecule has 0 aliphatic rings. The van der Waals surface area contributed by atoms with Crippen LogP contribution in [0.1, 0.15) is 0 Å². The predicted octanol–water partition coefficient (Wildman–Crippen LogP) is 12.8. The average molecular weight is 722 g/mol. The lowest BCUT2D eigenvalue weighted by molar-refractivity contribution is 0.651. The zero-order valence-corrected chi connectivity index (χ0v) is 30.0. The third-order valence-corrected chi connectivity index (χ3v) is 11.8. The molecule has 7 aromatic carbocycles. The maximum atomic E-state index is 6.52. The molecule has 6 nitrogen and oxygen atoms in total. The van der Waals surface area contributed by atoms with Gasteiger partial charge in [-0.15, -0.1) is 11.3 Å². The zero-order chi connectivity index (χ0) is 36.0. The summed E-state index contributed by atoms with van der Waals surface area (Å²) in [5.74, 6) is 1.20. The van der Waals surface area contributed by atoms with Gasteiger partial charge in [0, 0.05) is 42.9 Å². The first-order valence-corrected chi connectivity index (χ1v) is 19.0. The predicted molar refractivity (Wildman–Crippen MR) is 226 cm³/mol. The van der Waals surface area contributed by atoms with Crippen LogP contribution in [0.25, 0.3) is 115 Å². The van der Waals surface area contributed by atoms with Gasteiger partial charge in [-0.1, -0.05) is 133 Å². The molecule has 5 heterocycles. The first kappa shape index (κ1) is 30.3. The second-order valence-corrected chi connectivity index (χ2v) is 14.9. The lowest BCUT2D eigenvalue weighted by Gasteiger charge is -2.11. The van der Waals surface area contributed by atoms with Crippen molar-refractivity contribution >= 4 is 86.3 Å². The number of nitrogens with zero attached hydrogens (tertiary/aromatic N) is 5. The van der Waals surface area contributed by atoms with E-state index in [1.165, 1.54) is 20.9 Å². The maximum absolute atomic E-state index is 6.52. The number of fused-ring (bicyclic) bond motifs is 11. The van der Waals surface area contributed by atoms with Crippen molar-refractivity contribution in [2.45, 2.75) is 0 Å². The third-order valence-electron chi connectivity index (χ3n) is 10.7. The Morgan fingerprint density at radius 1 is 0.473 bits per heavy atom. The summed E-state index contributed by atoms with van der Waals surface area (Å²) in [6.45, 7) is 0. The molecule has 12 rings (SSSR count). The second kappa shape index (κ2) is 11.6. The number of furan rings is 1. The average Bonchev–Trinajstić information content (AvgIpc) is 3.93. The third kappa shape index (κ3) is 4.54. The molecule has 0 unspecified atom stereocenters. The van der Waals surface area contributed by atoms with Crippen molar-refractivity contribution in [3.63, 3.8) is 0 Å². The summed E-state index contributed by atoms with van der Waals surface area (Å²) < 4.78 is 11.0. The summed E-state index contributed by atoms with van der Waals surface area (Å²) in [6, 6.07) is 56.7. The summed E-state index contributed by atoms with van der Waals surface area (Å²) >= 11 is 1.74.